The van der Waals surface area contributed by atoms with Gasteiger partial charge in [0, 0.05) is 17.6 Å². The number of halogens is 2. The number of rotatable bonds is 13. The van der Waals surface area contributed by atoms with E-state index in [4.69, 9.17) is 16.3 Å². The van der Waals surface area contributed by atoms with Gasteiger partial charge in [-0.25, -0.2) is 8.42 Å². The maximum atomic E-state index is 14.0. The van der Waals surface area contributed by atoms with Crippen LogP contribution < -0.4 is 14.4 Å². The van der Waals surface area contributed by atoms with Crippen molar-refractivity contribution in [2.75, 3.05) is 24.5 Å². The third-order valence-electron chi connectivity index (χ3n) is 6.57. The Labute approximate surface area is 255 Å². The lowest BCUT2D eigenvalue weighted by molar-refractivity contribution is -0.139. The summed E-state index contributed by atoms with van der Waals surface area (Å²) in [5, 5.41) is 3.07. The van der Waals surface area contributed by atoms with Crippen molar-refractivity contribution in [1.29, 1.82) is 0 Å². The fraction of sp³-hybridized carbons (Fsp3) is 0.333. The van der Waals surface area contributed by atoms with Crippen LogP contribution in [0, 0.1) is 6.92 Å². The molecule has 0 aliphatic heterocycles. The molecule has 0 spiro atoms. The molecule has 0 radical (unpaired) electrons. The number of aryl methyl sites for hydroxylation is 1. The van der Waals surface area contributed by atoms with Crippen LogP contribution in [0.3, 0.4) is 0 Å². The van der Waals surface area contributed by atoms with E-state index in [9.17, 15) is 18.0 Å². The number of nitrogens with zero attached hydrogens (tertiary/aromatic N) is 2. The summed E-state index contributed by atoms with van der Waals surface area (Å²) < 4.78 is 35.0. The normalized spacial score (nSPS) is 12.0. The van der Waals surface area contributed by atoms with Gasteiger partial charge in [0.25, 0.3) is 10.0 Å². The van der Waals surface area contributed by atoms with Crippen LogP contribution in [0.1, 0.15) is 37.8 Å². The molecule has 0 unspecified atom stereocenters. The van der Waals surface area contributed by atoms with E-state index >= 15 is 0 Å². The van der Waals surface area contributed by atoms with Gasteiger partial charge in [-0.15, -0.1) is 0 Å². The van der Waals surface area contributed by atoms with Gasteiger partial charge in [-0.05, 0) is 68.3 Å². The molecule has 0 heterocycles. The van der Waals surface area contributed by atoms with Gasteiger partial charge in [0.15, 0.2) is 0 Å². The first-order valence-corrected chi connectivity index (χ1v) is 15.8. The van der Waals surface area contributed by atoms with Crippen molar-refractivity contribution < 1.29 is 22.7 Å². The van der Waals surface area contributed by atoms with E-state index in [1.54, 1.807) is 25.1 Å². The Hall–Kier alpha value is -3.08. The number of benzene rings is 3. The fourth-order valence-corrected chi connectivity index (χ4v) is 6.00. The first kappa shape index (κ1) is 32.4. The highest BCUT2D eigenvalue weighted by Crippen LogP contribution is 2.32. The van der Waals surface area contributed by atoms with E-state index in [-0.39, 0.29) is 28.1 Å². The molecule has 3 aromatic carbocycles. The number of anilines is 1. The van der Waals surface area contributed by atoms with Crippen LogP contribution in [0.5, 0.6) is 5.75 Å². The summed E-state index contributed by atoms with van der Waals surface area (Å²) in [4.78, 5) is 28.5. The number of sulfonamides is 1. The molecule has 3 rings (SSSR count). The molecular formula is C30H35BrClN3O5S. The maximum Gasteiger partial charge on any atom is 0.264 e. The second kappa shape index (κ2) is 14.7. The lowest BCUT2D eigenvalue weighted by Crippen LogP contribution is -2.51. The first-order valence-electron chi connectivity index (χ1n) is 13.2. The molecule has 0 bridgehead atoms. The molecule has 11 heteroatoms. The zero-order chi connectivity index (χ0) is 30.2. The summed E-state index contributed by atoms with van der Waals surface area (Å²) in [6.45, 7) is 5.55. The molecular weight excluding hydrogens is 630 g/mol. The van der Waals surface area contributed by atoms with Crippen LogP contribution in [0.2, 0.25) is 5.02 Å². The third-order valence-corrected chi connectivity index (χ3v) is 9.19. The SMILES string of the molecule is CCCCNC(=O)[C@H](C)N(Cc1ccc(Br)cc1)C(=O)CN(c1ccc(OC)c(Cl)c1)S(=O)(=O)c1ccc(C)cc1. The van der Waals surface area contributed by atoms with E-state index in [2.05, 4.69) is 21.2 Å². The van der Waals surface area contributed by atoms with Gasteiger partial charge in [-0.1, -0.05) is 70.7 Å². The minimum Gasteiger partial charge on any atom is -0.495 e. The number of nitrogens with one attached hydrogen (secondary N) is 1. The number of carbonyl (C=O) groups is 2. The van der Waals surface area contributed by atoms with Crippen molar-refractivity contribution in [2.45, 2.75) is 51.1 Å². The molecule has 0 saturated carbocycles. The minimum absolute atomic E-state index is 0.0210. The molecule has 0 aliphatic carbocycles. The highest BCUT2D eigenvalue weighted by atomic mass is 79.9. The van der Waals surface area contributed by atoms with Gasteiger partial charge in [0.05, 0.1) is 22.7 Å². The lowest BCUT2D eigenvalue weighted by Gasteiger charge is -2.32. The van der Waals surface area contributed by atoms with Crippen molar-refractivity contribution >= 4 is 55.1 Å². The van der Waals surface area contributed by atoms with Crippen LogP contribution in [0.4, 0.5) is 5.69 Å². The molecule has 0 aliphatic rings. The van der Waals surface area contributed by atoms with Gasteiger partial charge in [-0.3, -0.25) is 13.9 Å². The van der Waals surface area contributed by atoms with Crippen molar-refractivity contribution in [3.05, 3.63) is 87.4 Å². The molecule has 0 saturated heterocycles. The summed E-state index contributed by atoms with van der Waals surface area (Å²) in [5.41, 5.74) is 1.87. The Morgan fingerprint density at radius 2 is 1.71 bits per heavy atom. The Kier molecular flexibility index (Phi) is 11.6. The molecule has 1 atom stereocenters. The summed E-state index contributed by atoms with van der Waals surface area (Å²) in [6.07, 6.45) is 1.71. The second-order valence-corrected chi connectivity index (χ2v) is 12.8. The predicted octanol–water partition coefficient (Wildman–Crippen LogP) is 5.95. The standard InChI is InChI=1S/C30H35BrClN3O5S/c1-5-6-17-33-30(37)22(3)34(19-23-9-11-24(31)12-10-23)29(36)20-35(25-13-16-28(40-4)27(32)18-25)41(38,39)26-14-7-21(2)8-15-26/h7-16,18,22H,5-6,17,19-20H2,1-4H3,(H,33,37)/t22-/m0/s1. The Bertz CT molecular complexity index is 1450. The van der Waals surface area contributed by atoms with Gasteiger partial charge in [0.2, 0.25) is 11.8 Å². The molecule has 41 heavy (non-hydrogen) atoms. The smallest absolute Gasteiger partial charge is 0.264 e. The predicted molar refractivity (Wildman–Crippen MR) is 166 cm³/mol. The lowest BCUT2D eigenvalue weighted by atomic mass is 10.1. The Morgan fingerprint density at radius 1 is 1.05 bits per heavy atom. The van der Waals surface area contributed by atoms with Crippen molar-refractivity contribution in [2.24, 2.45) is 0 Å². The van der Waals surface area contributed by atoms with Gasteiger partial charge in [0.1, 0.15) is 18.3 Å². The average molecular weight is 665 g/mol. The number of amides is 2. The molecule has 2 amide bonds. The third kappa shape index (κ3) is 8.47. The monoisotopic (exact) mass is 663 g/mol. The fourth-order valence-electron chi connectivity index (χ4n) is 4.08. The van der Waals surface area contributed by atoms with Gasteiger partial charge >= 0.3 is 0 Å². The zero-order valence-corrected chi connectivity index (χ0v) is 26.7. The second-order valence-electron chi connectivity index (χ2n) is 9.61. The zero-order valence-electron chi connectivity index (χ0n) is 23.6. The summed E-state index contributed by atoms with van der Waals surface area (Å²) in [6, 6.07) is 17.4. The molecule has 3 aromatic rings. The topological polar surface area (TPSA) is 96.0 Å². The van der Waals surface area contributed by atoms with Crippen LogP contribution in [-0.4, -0.2) is 51.4 Å². The largest absolute Gasteiger partial charge is 0.495 e. The molecule has 220 valence electrons. The summed E-state index contributed by atoms with van der Waals surface area (Å²) in [7, 11) is -2.74. The first-order chi connectivity index (χ1) is 19.5. The van der Waals surface area contributed by atoms with Gasteiger partial charge in [-0.2, -0.15) is 0 Å². The van der Waals surface area contributed by atoms with Crippen LogP contribution >= 0.6 is 27.5 Å². The van der Waals surface area contributed by atoms with E-state index in [1.165, 1.54) is 36.3 Å². The highest BCUT2D eigenvalue weighted by Gasteiger charge is 2.32. The molecule has 1 N–H and O–H groups in total. The number of ether oxygens (including phenoxy) is 1. The number of methoxy groups -OCH3 is 1. The van der Waals surface area contributed by atoms with Crippen LogP contribution in [-0.2, 0) is 26.2 Å². The van der Waals surface area contributed by atoms with E-state index < -0.39 is 28.5 Å². The van der Waals surface area contributed by atoms with Crippen LogP contribution in [0.25, 0.3) is 0 Å². The summed E-state index contributed by atoms with van der Waals surface area (Å²) >= 11 is 9.78. The van der Waals surface area contributed by atoms with E-state index in [0.29, 0.717) is 12.3 Å². The Balaban J connectivity index is 2.03. The number of carbonyl (C=O) groups excluding carboxylic acids is 2. The Morgan fingerprint density at radius 3 is 2.29 bits per heavy atom. The van der Waals surface area contributed by atoms with Crippen molar-refractivity contribution in [3.63, 3.8) is 0 Å². The van der Waals surface area contributed by atoms with E-state index in [1.807, 2.05) is 38.1 Å². The minimum atomic E-state index is -4.20. The van der Waals surface area contributed by atoms with Crippen molar-refractivity contribution in [3.8, 4) is 5.75 Å². The summed E-state index contributed by atoms with van der Waals surface area (Å²) in [5.74, 6) is -0.498. The quantitative estimate of drug-likeness (QED) is 0.228. The highest BCUT2D eigenvalue weighted by molar-refractivity contribution is 9.10. The molecule has 0 aromatic heterocycles. The van der Waals surface area contributed by atoms with Crippen LogP contribution in [0.15, 0.2) is 76.1 Å². The van der Waals surface area contributed by atoms with E-state index in [0.717, 1.165) is 32.7 Å². The molecule has 0 fully saturated rings. The van der Waals surface area contributed by atoms with Gasteiger partial charge < -0.3 is 15.0 Å². The average Bonchev–Trinajstić information content (AvgIpc) is 2.95. The van der Waals surface area contributed by atoms with Crippen molar-refractivity contribution in [1.82, 2.24) is 10.2 Å². The number of hydrogen-bond acceptors (Lipinski definition) is 5. The number of unbranched alkanes of at least 4 members (excludes halogenated alkanes) is 1. The number of hydrogen-bond donors (Lipinski definition) is 1. The maximum absolute atomic E-state index is 14.0. The molecule has 8 nitrogen and oxygen atoms in total.